The van der Waals surface area contributed by atoms with Crippen LogP contribution in [0.2, 0.25) is 0 Å². The SMILES string of the molecule is CSCCCCNS(=O)(=O)c1cc(C(=O)O)sc1C. The highest BCUT2D eigenvalue weighted by Crippen LogP contribution is 2.25. The molecule has 0 amide bonds. The highest BCUT2D eigenvalue weighted by atomic mass is 32.2. The Morgan fingerprint density at radius 2 is 2.16 bits per heavy atom. The monoisotopic (exact) mass is 323 g/mol. The molecule has 5 nitrogen and oxygen atoms in total. The largest absolute Gasteiger partial charge is 0.477 e. The van der Waals surface area contributed by atoms with Crippen LogP contribution in [-0.4, -0.2) is 38.0 Å². The summed E-state index contributed by atoms with van der Waals surface area (Å²) in [6.45, 7) is 1.99. The lowest BCUT2D eigenvalue weighted by Gasteiger charge is -2.05. The van der Waals surface area contributed by atoms with Gasteiger partial charge in [-0.3, -0.25) is 0 Å². The first-order chi connectivity index (χ1) is 8.88. The standard InChI is InChI=1S/C11H17NO4S3/c1-8-10(7-9(18-8)11(13)14)19(15,16)12-5-3-4-6-17-2/h7,12H,3-6H2,1-2H3,(H,13,14). The quantitative estimate of drug-likeness (QED) is 0.716. The van der Waals surface area contributed by atoms with Gasteiger partial charge in [0.1, 0.15) is 4.88 Å². The third-order valence-electron chi connectivity index (χ3n) is 2.44. The highest BCUT2D eigenvalue weighted by molar-refractivity contribution is 7.98. The molecule has 1 rings (SSSR count). The van der Waals surface area contributed by atoms with Gasteiger partial charge in [0.05, 0.1) is 4.90 Å². The zero-order chi connectivity index (χ0) is 14.5. The van der Waals surface area contributed by atoms with Crippen molar-refractivity contribution in [2.45, 2.75) is 24.7 Å². The molecule has 0 aromatic carbocycles. The second kappa shape index (κ2) is 7.28. The van der Waals surface area contributed by atoms with Crippen molar-refractivity contribution in [1.82, 2.24) is 4.72 Å². The van der Waals surface area contributed by atoms with Gasteiger partial charge in [-0.05, 0) is 37.8 Å². The number of aromatic carboxylic acids is 1. The number of aryl methyl sites for hydroxylation is 1. The molecular formula is C11H17NO4S3. The summed E-state index contributed by atoms with van der Waals surface area (Å²) < 4.78 is 26.5. The fraction of sp³-hybridized carbons (Fsp3) is 0.545. The van der Waals surface area contributed by atoms with Gasteiger partial charge < -0.3 is 5.11 Å². The molecular weight excluding hydrogens is 306 g/mol. The Bertz CT molecular complexity index is 536. The summed E-state index contributed by atoms with van der Waals surface area (Å²) in [6.07, 6.45) is 3.73. The molecule has 0 aliphatic carbocycles. The first-order valence-electron chi connectivity index (χ1n) is 5.71. The third kappa shape index (κ3) is 4.79. The van der Waals surface area contributed by atoms with Crippen molar-refractivity contribution in [3.8, 4) is 0 Å². The van der Waals surface area contributed by atoms with Crippen LogP contribution in [0, 0.1) is 6.92 Å². The van der Waals surface area contributed by atoms with Crippen LogP contribution in [0.1, 0.15) is 27.4 Å². The first kappa shape index (κ1) is 16.5. The minimum absolute atomic E-state index is 0.0419. The molecule has 0 spiro atoms. The molecule has 108 valence electrons. The van der Waals surface area contributed by atoms with Crippen molar-refractivity contribution < 1.29 is 18.3 Å². The van der Waals surface area contributed by atoms with Gasteiger partial charge in [0.2, 0.25) is 10.0 Å². The van der Waals surface area contributed by atoms with Gasteiger partial charge in [0, 0.05) is 11.4 Å². The summed E-state index contributed by atoms with van der Waals surface area (Å²) >= 11 is 2.70. The van der Waals surface area contributed by atoms with E-state index >= 15 is 0 Å². The maximum atomic E-state index is 12.0. The smallest absolute Gasteiger partial charge is 0.345 e. The predicted octanol–water partition coefficient (Wildman–Crippen LogP) is 2.18. The van der Waals surface area contributed by atoms with E-state index < -0.39 is 16.0 Å². The molecule has 0 atom stereocenters. The van der Waals surface area contributed by atoms with Crippen LogP contribution < -0.4 is 4.72 Å². The minimum Gasteiger partial charge on any atom is -0.477 e. The van der Waals surface area contributed by atoms with Crippen LogP contribution in [0.25, 0.3) is 0 Å². The van der Waals surface area contributed by atoms with Crippen LogP contribution in [0.5, 0.6) is 0 Å². The lowest BCUT2D eigenvalue weighted by atomic mass is 10.3. The topological polar surface area (TPSA) is 83.5 Å². The molecule has 1 heterocycles. The zero-order valence-electron chi connectivity index (χ0n) is 10.8. The fourth-order valence-electron chi connectivity index (χ4n) is 1.49. The number of thioether (sulfide) groups is 1. The molecule has 0 saturated carbocycles. The Kier molecular flexibility index (Phi) is 6.31. The highest BCUT2D eigenvalue weighted by Gasteiger charge is 2.21. The number of sulfonamides is 1. The number of hydrogen-bond acceptors (Lipinski definition) is 5. The Morgan fingerprint density at radius 1 is 1.47 bits per heavy atom. The van der Waals surface area contributed by atoms with Crippen LogP contribution in [-0.2, 0) is 10.0 Å². The van der Waals surface area contributed by atoms with E-state index in [-0.39, 0.29) is 9.77 Å². The van der Waals surface area contributed by atoms with Gasteiger partial charge in [-0.15, -0.1) is 11.3 Å². The molecule has 0 saturated heterocycles. The molecule has 0 unspecified atom stereocenters. The number of carbonyl (C=O) groups is 1. The van der Waals surface area contributed by atoms with Crippen molar-refractivity contribution in [2.75, 3.05) is 18.6 Å². The van der Waals surface area contributed by atoms with E-state index in [1.54, 1.807) is 18.7 Å². The van der Waals surface area contributed by atoms with E-state index in [0.717, 1.165) is 29.9 Å². The van der Waals surface area contributed by atoms with E-state index in [9.17, 15) is 13.2 Å². The van der Waals surface area contributed by atoms with Gasteiger partial charge in [-0.2, -0.15) is 11.8 Å². The van der Waals surface area contributed by atoms with Gasteiger partial charge in [-0.25, -0.2) is 17.9 Å². The van der Waals surface area contributed by atoms with Crippen molar-refractivity contribution in [3.05, 3.63) is 15.8 Å². The lowest BCUT2D eigenvalue weighted by molar-refractivity contribution is 0.0702. The summed E-state index contributed by atoms with van der Waals surface area (Å²) in [6, 6.07) is 1.21. The normalized spacial score (nSPS) is 11.7. The van der Waals surface area contributed by atoms with Crippen molar-refractivity contribution in [3.63, 3.8) is 0 Å². The van der Waals surface area contributed by atoms with Crippen LogP contribution in [0.15, 0.2) is 11.0 Å². The Balaban J connectivity index is 2.69. The lowest BCUT2D eigenvalue weighted by Crippen LogP contribution is -2.25. The van der Waals surface area contributed by atoms with E-state index in [1.165, 1.54) is 6.07 Å². The van der Waals surface area contributed by atoms with Crippen molar-refractivity contribution >= 4 is 39.1 Å². The van der Waals surface area contributed by atoms with Gasteiger partial charge >= 0.3 is 5.97 Å². The number of unbranched alkanes of at least 4 members (excludes halogenated alkanes) is 1. The average molecular weight is 323 g/mol. The van der Waals surface area contributed by atoms with Crippen LogP contribution in [0.3, 0.4) is 0 Å². The molecule has 0 bridgehead atoms. The number of hydrogen-bond donors (Lipinski definition) is 2. The summed E-state index contributed by atoms with van der Waals surface area (Å²) in [5.41, 5.74) is 0. The molecule has 8 heteroatoms. The molecule has 1 aromatic rings. The van der Waals surface area contributed by atoms with Crippen LogP contribution in [0.4, 0.5) is 0 Å². The number of rotatable bonds is 8. The van der Waals surface area contributed by atoms with Gasteiger partial charge in [0.25, 0.3) is 0 Å². The number of carboxylic acid groups (broad SMARTS) is 1. The molecule has 0 aliphatic rings. The second-order valence-corrected chi connectivity index (χ2v) is 7.91. The molecule has 0 aliphatic heterocycles. The molecule has 19 heavy (non-hydrogen) atoms. The van der Waals surface area contributed by atoms with E-state index in [0.29, 0.717) is 11.4 Å². The van der Waals surface area contributed by atoms with Crippen molar-refractivity contribution in [2.24, 2.45) is 0 Å². The molecule has 1 aromatic heterocycles. The number of carboxylic acids is 1. The Hall–Kier alpha value is -0.570. The minimum atomic E-state index is -3.60. The Labute approximate surface area is 121 Å². The summed E-state index contributed by atoms with van der Waals surface area (Å²) in [5, 5.41) is 8.85. The van der Waals surface area contributed by atoms with E-state index in [1.807, 2.05) is 6.26 Å². The van der Waals surface area contributed by atoms with Gasteiger partial charge in [-0.1, -0.05) is 0 Å². The summed E-state index contributed by atoms with van der Waals surface area (Å²) in [7, 11) is -3.60. The van der Waals surface area contributed by atoms with Gasteiger partial charge in [0.15, 0.2) is 0 Å². The van der Waals surface area contributed by atoms with E-state index in [2.05, 4.69) is 4.72 Å². The van der Waals surface area contributed by atoms with Crippen LogP contribution >= 0.6 is 23.1 Å². The number of nitrogens with one attached hydrogen (secondary N) is 1. The zero-order valence-corrected chi connectivity index (χ0v) is 13.3. The number of thiophene rings is 1. The molecule has 0 radical (unpaired) electrons. The first-order valence-corrected chi connectivity index (χ1v) is 9.40. The maximum Gasteiger partial charge on any atom is 0.345 e. The molecule has 0 fully saturated rings. The van der Waals surface area contributed by atoms with E-state index in [4.69, 9.17) is 5.11 Å². The predicted molar refractivity (Wildman–Crippen MR) is 78.8 cm³/mol. The summed E-state index contributed by atoms with van der Waals surface area (Å²) in [5.74, 6) is -0.0999. The average Bonchev–Trinajstić information content (AvgIpc) is 2.72. The maximum absolute atomic E-state index is 12.0. The third-order valence-corrected chi connectivity index (χ3v) is 5.89. The fourth-order valence-corrected chi connectivity index (χ4v) is 4.49. The Morgan fingerprint density at radius 3 is 2.68 bits per heavy atom. The summed E-state index contributed by atoms with van der Waals surface area (Å²) in [4.78, 5) is 11.4. The molecule has 2 N–H and O–H groups in total. The van der Waals surface area contributed by atoms with Crippen molar-refractivity contribution in [1.29, 1.82) is 0 Å². The second-order valence-electron chi connectivity index (χ2n) is 3.93.